The number of hydrogen-bond acceptors (Lipinski definition) is 7. The number of methoxy groups -OCH3 is 1. The smallest absolute Gasteiger partial charge is 0.215 e. The van der Waals surface area contributed by atoms with Gasteiger partial charge in [-0.05, 0) is 43.3 Å². The van der Waals surface area contributed by atoms with Gasteiger partial charge in [-0.2, -0.15) is 0 Å². The monoisotopic (exact) mass is 388 g/mol. The van der Waals surface area contributed by atoms with E-state index in [0.29, 0.717) is 31.0 Å². The fraction of sp³-hybridized carbons (Fsp3) is 0.263. The maximum Gasteiger partial charge on any atom is 0.215 e. The molecule has 2 N–H and O–H groups in total. The minimum absolute atomic E-state index is 0.0292. The fourth-order valence-electron chi connectivity index (χ4n) is 2.95. The second-order valence-electron chi connectivity index (χ2n) is 5.81. The Labute approximate surface area is 157 Å². The Morgan fingerprint density at radius 2 is 1.89 bits per heavy atom. The predicted molar refractivity (Wildman–Crippen MR) is 100 cm³/mol. The first kappa shape index (κ1) is 19.1. The Kier molecular flexibility index (Phi) is 5.29. The molecule has 0 saturated carbocycles. The van der Waals surface area contributed by atoms with Crippen LogP contribution in [0, 0.1) is 0 Å². The molecule has 0 radical (unpaired) electrons. The van der Waals surface area contributed by atoms with Crippen molar-refractivity contribution in [1.29, 1.82) is 0 Å². The van der Waals surface area contributed by atoms with Crippen molar-refractivity contribution in [2.24, 2.45) is 10.7 Å². The van der Waals surface area contributed by atoms with Crippen LogP contribution in [0.3, 0.4) is 0 Å². The molecule has 0 saturated heterocycles. The lowest BCUT2D eigenvalue weighted by Crippen LogP contribution is -2.21. The van der Waals surface area contributed by atoms with Gasteiger partial charge in [0.25, 0.3) is 0 Å². The zero-order valence-electron chi connectivity index (χ0n) is 15.1. The molecule has 0 unspecified atom stereocenters. The van der Waals surface area contributed by atoms with Crippen LogP contribution in [0.1, 0.15) is 28.4 Å². The number of ketones is 1. The predicted octanol–water partition coefficient (Wildman–Crippen LogP) is 1.81. The second-order valence-corrected chi connectivity index (χ2v) is 7.70. The normalized spacial score (nSPS) is 15.1. The summed E-state index contributed by atoms with van der Waals surface area (Å²) in [6.45, 7) is 2.91. The van der Waals surface area contributed by atoms with Gasteiger partial charge in [0.05, 0.1) is 30.1 Å². The molecule has 1 aliphatic rings. The lowest BCUT2D eigenvalue weighted by atomic mass is 10.0. The maximum atomic E-state index is 13.1. The second kappa shape index (κ2) is 7.50. The van der Waals surface area contributed by atoms with E-state index in [2.05, 4.69) is 4.99 Å². The molecule has 0 spiro atoms. The van der Waals surface area contributed by atoms with E-state index in [0.717, 1.165) is 0 Å². The van der Waals surface area contributed by atoms with E-state index in [1.165, 1.54) is 31.4 Å². The van der Waals surface area contributed by atoms with E-state index in [-0.39, 0.29) is 32.6 Å². The Balaban J connectivity index is 2.15. The highest BCUT2D eigenvalue weighted by atomic mass is 32.2. The molecule has 2 aromatic carbocycles. The third-order valence-corrected chi connectivity index (χ3v) is 5.99. The van der Waals surface area contributed by atoms with Gasteiger partial charge < -0.3 is 15.2 Å². The van der Waals surface area contributed by atoms with Crippen molar-refractivity contribution in [2.75, 3.05) is 26.8 Å². The molecule has 0 aliphatic carbocycles. The van der Waals surface area contributed by atoms with Crippen LogP contribution in [0.2, 0.25) is 0 Å². The number of ether oxygens (including phenoxy) is 2. The van der Waals surface area contributed by atoms with E-state index in [9.17, 15) is 13.2 Å². The molecule has 0 atom stereocenters. The van der Waals surface area contributed by atoms with Crippen molar-refractivity contribution in [2.45, 2.75) is 16.7 Å². The van der Waals surface area contributed by atoms with Crippen LogP contribution >= 0.6 is 0 Å². The molecule has 2 aromatic rings. The summed E-state index contributed by atoms with van der Waals surface area (Å²) in [5.74, 6) is 0.361. The molecular weight excluding hydrogens is 368 g/mol. The number of carbonyl (C=O) groups excluding carboxylic acids is 1. The van der Waals surface area contributed by atoms with Crippen LogP contribution in [-0.4, -0.2) is 46.9 Å². The van der Waals surface area contributed by atoms with Crippen molar-refractivity contribution < 1.29 is 22.7 Å². The summed E-state index contributed by atoms with van der Waals surface area (Å²) >= 11 is 0. The molecule has 1 aliphatic heterocycles. The first-order valence-corrected chi connectivity index (χ1v) is 9.92. The Bertz CT molecular complexity index is 1030. The number of fused-ring (bicyclic) bond motifs is 2. The summed E-state index contributed by atoms with van der Waals surface area (Å²) < 4.78 is 36.8. The quantitative estimate of drug-likeness (QED) is 0.528. The van der Waals surface area contributed by atoms with Gasteiger partial charge in [-0.1, -0.05) is 0 Å². The number of nitrogens with two attached hydrogens (primary N) is 1. The first-order valence-electron chi connectivity index (χ1n) is 8.43. The number of nitrogens with zero attached hydrogens (tertiary/aromatic N) is 1. The number of aliphatic imine (C=N–C) groups is 1. The number of carbonyl (C=O) groups is 1. The average Bonchev–Trinajstić information content (AvgIpc) is 2.67. The summed E-state index contributed by atoms with van der Waals surface area (Å²) in [7, 11) is -2.42. The summed E-state index contributed by atoms with van der Waals surface area (Å²) in [5.41, 5.74) is 6.16. The number of hydrogen-bond donors (Lipinski definition) is 1. The molecule has 3 rings (SSSR count). The van der Waals surface area contributed by atoms with Gasteiger partial charge in [0, 0.05) is 23.2 Å². The first-order chi connectivity index (χ1) is 12.9. The zero-order chi connectivity index (χ0) is 19.6. The maximum absolute atomic E-state index is 13.1. The summed E-state index contributed by atoms with van der Waals surface area (Å²) in [6, 6.07) is 8.94. The molecule has 7 nitrogen and oxygen atoms in total. The van der Waals surface area contributed by atoms with Gasteiger partial charge in [0.15, 0.2) is 5.78 Å². The van der Waals surface area contributed by atoms with Gasteiger partial charge in [-0.3, -0.25) is 4.79 Å². The highest BCUT2D eigenvalue weighted by molar-refractivity contribution is 7.91. The minimum atomic E-state index is -3.86. The van der Waals surface area contributed by atoms with Crippen molar-refractivity contribution >= 4 is 21.5 Å². The Morgan fingerprint density at radius 1 is 1.11 bits per heavy atom. The van der Waals surface area contributed by atoms with Crippen LogP contribution in [0.4, 0.5) is 0 Å². The van der Waals surface area contributed by atoms with Gasteiger partial charge in [-0.25, -0.2) is 13.4 Å². The highest BCUT2D eigenvalue weighted by Crippen LogP contribution is 2.36. The van der Waals surface area contributed by atoms with E-state index in [4.69, 9.17) is 15.2 Å². The van der Waals surface area contributed by atoms with E-state index in [1.807, 2.05) is 6.92 Å². The zero-order valence-corrected chi connectivity index (χ0v) is 15.9. The summed E-state index contributed by atoms with van der Waals surface area (Å²) in [6.07, 6.45) is 0. The van der Waals surface area contributed by atoms with Crippen LogP contribution in [0.5, 0.6) is 5.75 Å². The SMILES string of the molecule is CCOc1ccc2c(c1)C(=O)c1ccc(C(=NCCN)OC)cc1S2(=O)=O. The molecule has 0 bridgehead atoms. The third-order valence-electron chi connectivity index (χ3n) is 4.14. The standard InChI is InChI=1S/C19H20N2O5S/c1-3-26-13-5-7-16-15(11-13)18(22)14-6-4-12(10-17(14)27(16,23)24)19(25-2)21-9-8-20/h4-7,10-11H,3,8-9,20H2,1-2H3. The molecule has 0 fully saturated rings. The minimum Gasteiger partial charge on any atom is -0.494 e. The van der Waals surface area contributed by atoms with Gasteiger partial charge in [-0.15, -0.1) is 0 Å². The molecular formula is C19H20N2O5S. The molecule has 8 heteroatoms. The number of sulfone groups is 1. The third kappa shape index (κ3) is 3.33. The Morgan fingerprint density at radius 3 is 2.56 bits per heavy atom. The van der Waals surface area contributed by atoms with Gasteiger partial charge >= 0.3 is 0 Å². The van der Waals surface area contributed by atoms with Crippen molar-refractivity contribution in [3.05, 3.63) is 53.1 Å². The highest BCUT2D eigenvalue weighted by Gasteiger charge is 2.35. The lowest BCUT2D eigenvalue weighted by molar-refractivity contribution is 0.103. The molecule has 1 heterocycles. The van der Waals surface area contributed by atoms with Crippen molar-refractivity contribution in [3.63, 3.8) is 0 Å². The fourth-order valence-corrected chi connectivity index (χ4v) is 4.60. The lowest BCUT2D eigenvalue weighted by Gasteiger charge is -2.20. The number of benzene rings is 2. The van der Waals surface area contributed by atoms with E-state index >= 15 is 0 Å². The Hall–Kier alpha value is -2.71. The van der Waals surface area contributed by atoms with Crippen LogP contribution < -0.4 is 10.5 Å². The largest absolute Gasteiger partial charge is 0.494 e. The topological polar surface area (TPSA) is 108 Å². The molecule has 27 heavy (non-hydrogen) atoms. The van der Waals surface area contributed by atoms with Crippen LogP contribution in [-0.2, 0) is 14.6 Å². The van der Waals surface area contributed by atoms with E-state index < -0.39 is 9.84 Å². The van der Waals surface area contributed by atoms with Crippen molar-refractivity contribution in [3.8, 4) is 5.75 Å². The number of rotatable bonds is 5. The van der Waals surface area contributed by atoms with Gasteiger partial charge in [0.2, 0.25) is 15.7 Å². The van der Waals surface area contributed by atoms with Crippen LogP contribution in [0.15, 0.2) is 51.2 Å². The van der Waals surface area contributed by atoms with E-state index in [1.54, 1.807) is 12.1 Å². The summed E-state index contributed by atoms with van der Waals surface area (Å²) in [4.78, 5) is 17.0. The molecule has 0 aromatic heterocycles. The van der Waals surface area contributed by atoms with Crippen molar-refractivity contribution in [1.82, 2.24) is 0 Å². The molecule has 142 valence electrons. The van der Waals surface area contributed by atoms with Gasteiger partial charge in [0.1, 0.15) is 5.75 Å². The molecule has 0 amide bonds. The van der Waals surface area contributed by atoms with Crippen LogP contribution in [0.25, 0.3) is 0 Å². The summed E-state index contributed by atoms with van der Waals surface area (Å²) in [5, 5.41) is 0. The average molecular weight is 388 g/mol.